The molecule has 0 bridgehead atoms. The van der Waals surface area contributed by atoms with Crippen LogP contribution in [0.25, 0.3) is 22.4 Å². The Balaban J connectivity index is 2.44. The zero-order valence-electron chi connectivity index (χ0n) is 16.7. The third-order valence-corrected chi connectivity index (χ3v) is 5.67. The molecule has 1 N–H and O–H groups in total. The lowest BCUT2D eigenvalue weighted by molar-refractivity contribution is -0.113. The molecule has 1 aromatic carbocycles. The number of allylic oxidation sites excluding steroid dienone is 2. The van der Waals surface area contributed by atoms with E-state index in [1.165, 1.54) is 32.5 Å². The van der Waals surface area contributed by atoms with E-state index in [9.17, 15) is 19.5 Å². The summed E-state index contributed by atoms with van der Waals surface area (Å²) in [6.07, 6.45) is 0. The van der Waals surface area contributed by atoms with E-state index < -0.39 is 11.2 Å². The molecule has 0 radical (unpaired) electrons. The molecule has 2 heterocycles. The molecule has 0 amide bonds. The van der Waals surface area contributed by atoms with Crippen LogP contribution in [0.4, 0.5) is 0 Å². The van der Waals surface area contributed by atoms with Crippen molar-refractivity contribution in [3.05, 3.63) is 61.3 Å². The summed E-state index contributed by atoms with van der Waals surface area (Å²) in [6.45, 7) is 4.64. The summed E-state index contributed by atoms with van der Waals surface area (Å²) < 4.78 is 2.23. The Morgan fingerprint density at radius 1 is 1.10 bits per heavy atom. The third-order valence-electron chi connectivity index (χ3n) is 4.39. The Morgan fingerprint density at radius 3 is 2.38 bits per heavy atom. The molecule has 0 saturated carbocycles. The fourth-order valence-electron chi connectivity index (χ4n) is 2.91. The second-order valence-electron chi connectivity index (χ2n) is 6.70. The largest absolute Gasteiger partial charge is 0.511 e. The number of aliphatic hydroxyl groups is 1. The van der Waals surface area contributed by atoms with Gasteiger partial charge >= 0.3 is 5.69 Å². The molecule has 0 atom stereocenters. The zero-order valence-corrected chi connectivity index (χ0v) is 17.5. The van der Waals surface area contributed by atoms with Gasteiger partial charge in [-0.3, -0.25) is 18.7 Å². The quantitative estimate of drug-likeness (QED) is 0.304. The standard InChI is InChI=1S/C20H20N4O4S/c1-10-7-6-8-13(9-10)16-21-17-14(19(27)24(5)20(28)23(17)4)18(22-16)29-15(11(2)25)12(3)26/h6-9,25H,1-5H3/b15-11-. The summed E-state index contributed by atoms with van der Waals surface area (Å²) in [5.41, 5.74) is 0.767. The second-order valence-corrected chi connectivity index (χ2v) is 7.70. The van der Waals surface area contributed by atoms with E-state index in [-0.39, 0.29) is 32.5 Å². The molecule has 0 fully saturated rings. The van der Waals surface area contributed by atoms with Gasteiger partial charge in [0.25, 0.3) is 5.56 Å². The van der Waals surface area contributed by atoms with E-state index in [1.54, 1.807) is 0 Å². The van der Waals surface area contributed by atoms with Crippen molar-refractivity contribution >= 4 is 28.6 Å². The lowest BCUT2D eigenvalue weighted by Crippen LogP contribution is -2.37. The molecule has 0 aliphatic carbocycles. The van der Waals surface area contributed by atoms with Crippen LogP contribution in [0.2, 0.25) is 0 Å². The van der Waals surface area contributed by atoms with Gasteiger partial charge in [0.1, 0.15) is 16.2 Å². The van der Waals surface area contributed by atoms with Gasteiger partial charge < -0.3 is 5.11 Å². The maximum atomic E-state index is 12.8. The number of aryl methyl sites for hydroxylation is 2. The molecular weight excluding hydrogens is 392 g/mol. The number of carbonyl (C=O) groups excluding carboxylic acids is 1. The molecule has 0 spiro atoms. The van der Waals surface area contributed by atoms with Crippen molar-refractivity contribution in [3.8, 4) is 11.4 Å². The number of fused-ring (bicyclic) bond motifs is 1. The monoisotopic (exact) mass is 412 g/mol. The van der Waals surface area contributed by atoms with Crippen LogP contribution in [0.1, 0.15) is 19.4 Å². The van der Waals surface area contributed by atoms with Crippen LogP contribution in [0.5, 0.6) is 0 Å². The Morgan fingerprint density at radius 2 is 1.79 bits per heavy atom. The SMILES string of the molecule is CC(=O)/C(Sc1nc(-c2cccc(C)c2)nc2c1c(=O)n(C)c(=O)n2C)=C(\C)O. The predicted octanol–water partition coefficient (Wildman–Crippen LogP) is 2.47. The van der Waals surface area contributed by atoms with Crippen molar-refractivity contribution in [3.63, 3.8) is 0 Å². The highest BCUT2D eigenvalue weighted by molar-refractivity contribution is 8.04. The topological polar surface area (TPSA) is 107 Å². The number of Topliss-reactive ketones (excluding diaryl/α,β-unsaturated/α-hetero) is 1. The highest BCUT2D eigenvalue weighted by atomic mass is 32.2. The highest BCUT2D eigenvalue weighted by Gasteiger charge is 2.21. The Labute approximate surface area is 170 Å². The van der Waals surface area contributed by atoms with Crippen LogP contribution in [0.3, 0.4) is 0 Å². The Bertz CT molecular complexity index is 1300. The molecule has 0 aliphatic heterocycles. The molecule has 8 nitrogen and oxygen atoms in total. The fraction of sp³-hybridized carbons (Fsp3) is 0.250. The third kappa shape index (κ3) is 3.73. The van der Waals surface area contributed by atoms with E-state index in [0.717, 1.165) is 21.9 Å². The Hall–Kier alpha value is -3.20. The lowest BCUT2D eigenvalue weighted by atomic mass is 10.1. The number of thioether (sulfide) groups is 1. The number of ketones is 1. The first-order chi connectivity index (χ1) is 13.6. The summed E-state index contributed by atoms with van der Waals surface area (Å²) in [6, 6.07) is 7.48. The predicted molar refractivity (Wildman–Crippen MR) is 112 cm³/mol. The smallest absolute Gasteiger partial charge is 0.332 e. The number of aliphatic hydroxyl groups excluding tert-OH is 1. The minimum Gasteiger partial charge on any atom is -0.511 e. The molecule has 29 heavy (non-hydrogen) atoms. The van der Waals surface area contributed by atoms with Crippen LogP contribution >= 0.6 is 11.8 Å². The summed E-state index contributed by atoms with van der Waals surface area (Å²) >= 11 is 0.885. The summed E-state index contributed by atoms with van der Waals surface area (Å²) in [5, 5.41) is 10.2. The van der Waals surface area contributed by atoms with Gasteiger partial charge in [-0.05, 0) is 26.8 Å². The molecule has 3 rings (SSSR count). The van der Waals surface area contributed by atoms with Crippen LogP contribution in [0.15, 0.2) is 49.5 Å². The van der Waals surface area contributed by atoms with Crippen molar-refractivity contribution < 1.29 is 9.90 Å². The highest BCUT2D eigenvalue weighted by Crippen LogP contribution is 2.32. The molecule has 150 valence electrons. The number of nitrogens with zero attached hydrogens (tertiary/aromatic N) is 4. The number of carbonyl (C=O) groups is 1. The van der Waals surface area contributed by atoms with Gasteiger partial charge in [0.2, 0.25) is 0 Å². The zero-order chi connectivity index (χ0) is 21.5. The van der Waals surface area contributed by atoms with Crippen LogP contribution in [-0.4, -0.2) is 30.0 Å². The first-order valence-corrected chi connectivity index (χ1v) is 9.57. The van der Waals surface area contributed by atoms with Gasteiger partial charge in [-0.1, -0.05) is 35.5 Å². The summed E-state index contributed by atoms with van der Waals surface area (Å²) in [5.74, 6) is -0.223. The number of rotatable bonds is 4. The van der Waals surface area contributed by atoms with Crippen molar-refractivity contribution in [2.24, 2.45) is 14.1 Å². The first kappa shape index (κ1) is 20.5. The number of benzene rings is 1. The molecule has 0 saturated heterocycles. The van der Waals surface area contributed by atoms with Gasteiger partial charge in [-0.25, -0.2) is 14.8 Å². The number of hydrogen-bond acceptors (Lipinski definition) is 7. The van der Waals surface area contributed by atoms with Gasteiger partial charge in [0.05, 0.1) is 4.91 Å². The average Bonchev–Trinajstić information content (AvgIpc) is 2.67. The minimum atomic E-state index is -0.570. The van der Waals surface area contributed by atoms with Gasteiger partial charge in [-0.15, -0.1) is 0 Å². The van der Waals surface area contributed by atoms with E-state index in [0.29, 0.717) is 11.4 Å². The van der Waals surface area contributed by atoms with Crippen molar-refractivity contribution in [2.45, 2.75) is 25.8 Å². The van der Waals surface area contributed by atoms with Gasteiger partial charge in [0, 0.05) is 19.7 Å². The molecule has 2 aromatic heterocycles. The maximum Gasteiger partial charge on any atom is 0.332 e. The molecule has 3 aromatic rings. The molecule has 9 heteroatoms. The lowest BCUT2D eigenvalue weighted by Gasteiger charge is -2.13. The molecule has 0 aliphatic rings. The van der Waals surface area contributed by atoms with Crippen LogP contribution in [-0.2, 0) is 18.9 Å². The van der Waals surface area contributed by atoms with Gasteiger partial charge in [-0.2, -0.15) is 0 Å². The van der Waals surface area contributed by atoms with Crippen molar-refractivity contribution in [2.75, 3.05) is 0 Å². The van der Waals surface area contributed by atoms with E-state index >= 15 is 0 Å². The Kier molecular flexibility index (Phi) is 5.43. The van der Waals surface area contributed by atoms with Crippen LogP contribution in [0, 0.1) is 6.92 Å². The summed E-state index contributed by atoms with van der Waals surface area (Å²) in [7, 11) is 2.89. The fourth-order valence-corrected chi connectivity index (χ4v) is 3.81. The second kappa shape index (κ2) is 7.67. The number of hydrogen-bond donors (Lipinski definition) is 1. The first-order valence-electron chi connectivity index (χ1n) is 8.75. The van der Waals surface area contributed by atoms with Gasteiger partial charge in [0.15, 0.2) is 17.3 Å². The minimum absolute atomic E-state index is 0.0658. The maximum absolute atomic E-state index is 12.8. The number of aromatic nitrogens is 4. The molecule has 0 unspecified atom stereocenters. The average molecular weight is 412 g/mol. The normalized spacial score (nSPS) is 12.2. The van der Waals surface area contributed by atoms with E-state index in [2.05, 4.69) is 9.97 Å². The summed E-state index contributed by atoms with van der Waals surface area (Å²) in [4.78, 5) is 46.3. The van der Waals surface area contributed by atoms with E-state index in [1.807, 2.05) is 31.2 Å². The molecular formula is C20H20N4O4S. The van der Waals surface area contributed by atoms with Crippen molar-refractivity contribution in [1.29, 1.82) is 0 Å². The van der Waals surface area contributed by atoms with Crippen molar-refractivity contribution in [1.82, 2.24) is 19.1 Å². The van der Waals surface area contributed by atoms with E-state index in [4.69, 9.17) is 0 Å². The van der Waals surface area contributed by atoms with Crippen LogP contribution < -0.4 is 11.2 Å².